The molecular weight excluding hydrogens is 396 g/mol. The molecule has 1 aliphatic heterocycles. The molecule has 4 heterocycles. The number of likely N-dealkylation sites (tertiary alicyclic amines) is 1. The molecule has 2 N–H and O–H groups in total. The Balaban J connectivity index is 1.48. The lowest BCUT2D eigenvalue weighted by Crippen LogP contribution is -2.40. The van der Waals surface area contributed by atoms with Crippen molar-refractivity contribution >= 4 is 22.3 Å². The lowest BCUT2D eigenvalue weighted by Gasteiger charge is -2.32. The van der Waals surface area contributed by atoms with E-state index >= 15 is 0 Å². The number of amides is 1. The summed E-state index contributed by atoms with van der Waals surface area (Å²) in [5.41, 5.74) is 2.61. The monoisotopic (exact) mass is 418 g/mol. The molecule has 0 bridgehead atoms. The van der Waals surface area contributed by atoms with Gasteiger partial charge in [0.2, 0.25) is 0 Å². The van der Waals surface area contributed by atoms with Gasteiger partial charge in [0.25, 0.3) is 17.0 Å². The van der Waals surface area contributed by atoms with Gasteiger partial charge < -0.3 is 4.90 Å². The molecule has 1 atom stereocenters. The van der Waals surface area contributed by atoms with Crippen LogP contribution in [0.4, 0.5) is 0 Å². The first kappa shape index (κ1) is 19.2. The number of fused-ring (bicyclic) bond motifs is 2. The minimum Gasteiger partial charge on any atom is -0.337 e. The van der Waals surface area contributed by atoms with Crippen molar-refractivity contribution in [2.24, 2.45) is 0 Å². The fourth-order valence-corrected chi connectivity index (χ4v) is 4.29. The second-order valence-electron chi connectivity index (χ2n) is 8.07. The molecule has 9 nitrogen and oxygen atoms in total. The van der Waals surface area contributed by atoms with Crippen molar-refractivity contribution in [3.63, 3.8) is 0 Å². The summed E-state index contributed by atoms with van der Waals surface area (Å²) in [6, 6.07) is 8.87. The third-order valence-electron chi connectivity index (χ3n) is 6.15. The minimum absolute atomic E-state index is 0.0495. The summed E-state index contributed by atoms with van der Waals surface area (Å²) in [5, 5.41) is 10.7. The summed E-state index contributed by atoms with van der Waals surface area (Å²) in [5.74, 6) is -0.163. The molecule has 0 radical (unpaired) electrons. The number of nitrogens with one attached hydrogen (secondary N) is 2. The number of carbonyl (C=O) groups excluding carboxylic acids is 1. The molecule has 1 aromatic carbocycles. The van der Waals surface area contributed by atoms with Gasteiger partial charge in [-0.25, -0.2) is 14.6 Å². The maximum atomic E-state index is 13.3. The fraction of sp³-hybridized carbons (Fsp3) is 0.318. The molecular formula is C22H22N6O3. The van der Waals surface area contributed by atoms with Crippen LogP contribution in [0.1, 0.15) is 46.2 Å². The number of hydrogen-bond acceptors (Lipinski definition) is 5. The Morgan fingerprint density at radius 1 is 1.16 bits per heavy atom. The number of aryl methyl sites for hydroxylation is 1. The molecule has 1 saturated heterocycles. The number of piperidine rings is 1. The van der Waals surface area contributed by atoms with Crippen molar-refractivity contribution in [2.75, 3.05) is 13.1 Å². The van der Waals surface area contributed by atoms with Gasteiger partial charge >= 0.3 is 0 Å². The molecule has 1 fully saturated rings. The number of aromatic nitrogens is 5. The van der Waals surface area contributed by atoms with Gasteiger partial charge in [0.15, 0.2) is 11.3 Å². The highest BCUT2D eigenvalue weighted by molar-refractivity contribution is 6.04. The zero-order valence-corrected chi connectivity index (χ0v) is 17.3. The van der Waals surface area contributed by atoms with Crippen LogP contribution < -0.4 is 11.1 Å². The Hall–Kier alpha value is -3.75. The van der Waals surface area contributed by atoms with Crippen LogP contribution in [0.25, 0.3) is 16.4 Å². The van der Waals surface area contributed by atoms with E-state index in [9.17, 15) is 14.4 Å². The largest absolute Gasteiger partial charge is 0.337 e. The average molecular weight is 418 g/mol. The Bertz CT molecular complexity index is 1450. The zero-order chi connectivity index (χ0) is 21.7. The van der Waals surface area contributed by atoms with Crippen molar-refractivity contribution in [2.45, 2.75) is 32.6 Å². The quantitative estimate of drug-likeness (QED) is 0.516. The lowest BCUT2D eigenvalue weighted by molar-refractivity contribution is 0.0701. The molecule has 31 heavy (non-hydrogen) atoms. The third-order valence-corrected chi connectivity index (χ3v) is 6.15. The summed E-state index contributed by atoms with van der Waals surface area (Å²) in [6.45, 7) is 4.70. The molecule has 0 aliphatic carbocycles. The molecule has 5 rings (SSSR count). The van der Waals surface area contributed by atoms with Gasteiger partial charge in [-0.3, -0.25) is 19.5 Å². The van der Waals surface area contributed by atoms with Crippen LogP contribution in [0.5, 0.6) is 0 Å². The Morgan fingerprint density at radius 3 is 2.74 bits per heavy atom. The third kappa shape index (κ3) is 3.13. The molecule has 1 aliphatic rings. The van der Waals surface area contributed by atoms with Crippen molar-refractivity contribution in [1.29, 1.82) is 0 Å². The Morgan fingerprint density at radius 2 is 1.94 bits per heavy atom. The van der Waals surface area contributed by atoms with Gasteiger partial charge in [0, 0.05) is 47.4 Å². The predicted molar refractivity (Wildman–Crippen MR) is 116 cm³/mol. The molecule has 158 valence electrons. The van der Waals surface area contributed by atoms with Gasteiger partial charge in [-0.1, -0.05) is 18.2 Å². The number of nitrogens with zero attached hydrogens (tertiary/aromatic N) is 4. The fourth-order valence-electron chi connectivity index (χ4n) is 4.29. The van der Waals surface area contributed by atoms with Crippen LogP contribution in [0.15, 0.2) is 39.9 Å². The number of carbonyl (C=O) groups is 1. The van der Waals surface area contributed by atoms with Crippen molar-refractivity contribution in [1.82, 2.24) is 29.7 Å². The normalized spacial score (nSPS) is 16.8. The SMILES string of the molecule is Cc1nc2cc(C3CCCN(C(=O)c4n[nH]c(=O)c5ccccc45)C3)[nH]n2c(=O)c1C. The van der Waals surface area contributed by atoms with E-state index in [1.807, 2.05) is 13.0 Å². The minimum atomic E-state index is -0.315. The molecule has 1 amide bonds. The van der Waals surface area contributed by atoms with E-state index in [4.69, 9.17) is 0 Å². The lowest BCUT2D eigenvalue weighted by atomic mass is 9.94. The second kappa shape index (κ2) is 7.19. The standard InChI is InChI=1S/C22H22N6O3/c1-12-13(2)23-18-10-17(26-28(18)21(12)30)14-6-5-9-27(11-14)22(31)19-15-7-3-4-8-16(15)20(29)25-24-19/h3-4,7-8,10,14,26H,5-6,9,11H2,1-2H3,(H,25,29). The van der Waals surface area contributed by atoms with Gasteiger partial charge in [-0.15, -0.1) is 0 Å². The highest BCUT2D eigenvalue weighted by Crippen LogP contribution is 2.28. The number of aromatic amines is 2. The van der Waals surface area contributed by atoms with Gasteiger partial charge in [-0.05, 0) is 32.8 Å². The summed E-state index contributed by atoms with van der Waals surface area (Å²) in [6.07, 6.45) is 1.72. The number of hydrogen-bond donors (Lipinski definition) is 2. The highest BCUT2D eigenvalue weighted by Gasteiger charge is 2.29. The van der Waals surface area contributed by atoms with Gasteiger partial charge in [0.05, 0.1) is 5.39 Å². The maximum absolute atomic E-state index is 13.3. The average Bonchev–Trinajstić information content (AvgIpc) is 3.22. The first-order chi connectivity index (χ1) is 14.9. The van der Waals surface area contributed by atoms with Crippen molar-refractivity contribution in [3.8, 4) is 0 Å². The van der Waals surface area contributed by atoms with E-state index in [-0.39, 0.29) is 28.6 Å². The molecule has 3 aromatic heterocycles. The van der Waals surface area contributed by atoms with E-state index in [0.29, 0.717) is 40.8 Å². The van der Waals surface area contributed by atoms with Gasteiger partial charge in [0.1, 0.15) is 0 Å². The molecule has 0 spiro atoms. The van der Waals surface area contributed by atoms with Gasteiger partial charge in [-0.2, -0.15) is 5.10 Å². The molecule has 9 heteroatoms. The highest BCUT2D eigenvalue weighted by atomic mass is 16.2. The molecule has 0 saturated carbocycles. The maximum Gasteiger partial charge on any atom is 0.275 e. The topological polar surface area (TPSA) is 116 Å². The number of benzene rings is 1. The summed E-state index contributed by atoms with van der Waals surface area (Å²) < 4.78 is 1.47. The van der Waals surface area contributed by atoms with Crippen LogP contribution in [-0.4, -0.2) is 48.7 Å². The molecule has 4 aromatic rings. The Labute approximate surface area is 176 Å². The second-order valence-corrected chi connectivity index (χ2v) is 8.07. The molecule has 1 unspecified atom stereocenters. The summed E-state index contributed by atoms with van der Waals surface area (Å²) in [4.78, 5) is 44.1. The van der Waals surface area contributed by atoms with E-state index in [1.54, 1.807) is 36.1 Å². The van der Waals surface area contributed by atoms with Crippen LogP contribution in [0, 0.1) is 13.8 Å². The predicted octanol–water partition coefficient (Wildman–Crippen LogP) is 1.90. The van der Waals surface area contributed by atoms with E-state index in [2.05, 4.69) is 20.3 Å². The van der Waals surface area contributed by atoms with Crippen LogP contribution in [0.2, 0.25) is 0 Å². The van der Waals surface area contributed by atoms with E-state index < -0.39 is 0 Å². The number of rotatable bonds is 2. The van der Waals surface area contributed by atoms with Crippen LogP contribution >= 0.6 is 0 Å². The van der Waals surface area contributed by atoms with Crippen molar-refractivity contribution < 1.29 is 4.79 Å². The van der Waals surface area contributed by atoms with Crippen LogP contribution in [0.3, 0.4) is 0 Å². The van der Waals surface area contributed by atoms with Crippen molar-refractivity contribution in [3.05, 3.63) is 73.7 Å². The smallest absolute Gasteiger partial charge is 0.275 e. The zero-order valence-electron chi connectivity index (χ0n) is 17.3. The first-order valence-corrected chi connectivity index (χ1v) is 10.3. The van der Waals surface area contributed by atoms with E-state index in [1.165, 1.54) is 4.52 Å². The number of H-pyrrole nitrogens is 2. The van der Waals surface area contributed by atoms with E-state index in [0.717, 1.165) is 18.5 Å². The first-order valence-electron chi connectivity index (χ1n) is 10.3. The summed E-state index contributed by atoms with van der Waals surface area (Å²) >= 11 is 0. The Kier molecular flexibility index (Phi) is 4.46. The van der Waals surface area contributed by atoms with Crippen LogP contribution in [-0.2, 0) is 0 Å². The summed E-state index contributed by atoms with van der Waals surface area (Å²) in [7, 11) is 0.